The van der Waals surface area contributed by atoms with Gasteiger partial charge in [0.2, 0.25) is 0 Å². The summed E-state index contributed by atoms with van der Waals surface area (Å²) in [5.74, 6) is 0. The molecule has 0 aliphatic heterocycles. The first-order valence-corrected chi connectivity index (χ1v) is 7.89. The second-order valence-electron chi connectivity index (χ2n) is 6.01. The summed E-state index contributed by atoms with van der Waals surface area (Å²) in [5.41, 5.74) is 2.45. The molecule has 0 spiro atoms. The van der Waals surface area contributed by atoms with Crippen LogP contribution in [0.1, 0.15) is 44.2 Å². The monoisotopic (exact) mass is 284 g/mol. The van der Waals surface area contributed by atoms with Gasteiger partial charge in [-0.1, -0.05) is 25.1 Å². The number of hydrogen-bond donors (Lipinski definition) is 1. The Balaban J connectivity index is 1.87. The summed E-state index contributed by atoms with van der Waals surface area (Å²) in [5, 5.41) is 4.81. The number of rotatable bonds is 6. The fourth-order valence-electron chi connectivity index (χ4n) is 3.29. The Kier molecular flexibility index (Phi) is 4.22. The summed E-state index contributed by atoms with van der Waals surface area (Å²) in [6, 6.07) is 11.0. The van der Waals surface area contributed by atoms with Crippen molar-refractivity contribution < 1.29 is 4.74 Å². The molecule has 3 rings (SSSR count). The van der Waals surface area contributed by atoms with Crippen LogP contribution in [0.4, 0.5) is 0 Å². The van der Waals surface area contributed by atoms with Gasteiger partial charge in [0.1, 0.15) is 0 Å². The molecular weight excluding hydrogens is 260 g/mol. The summed E-state index contributed by atoms with van der Waals surface area (Å²) in [6.45, 7) is 3.12. The molecule has 1 unspecified atom stereocenters. The molecule has 3 heteroatoms. The Hall–Kier alpha value is -1.45. The lowest BCUT2D eigenvalue weighted by Gasteiger charge is -2.43. The number of hydrogen-bond acceptors (Lipinski definition) is 3. The van der Waals surface area contributed by atoms with Crippen molar-refractivity contribution in [3.05, 3.63) is 42.1 Å². The van der Waals surface area contributed by atoms with E-state index in [1.807, 2.05) is 19.4 Å². The number of fused-ring (bicyclic) bond motifs is 1. The van der Waals surface area contributed by atoms with Crippen LogP contribution in [0.2, 0.25) is 0 Å². The van der Waals surface area contributed by atoms with Gasteiger partial charge >= 0.3 is 0 Å². The van der Waals surface area contributed by atoms with Gasteiger partial charge in [-0.25, -0.2) is 0 Å². The zero-order chi connectivity index (χ0) is 14.7. The third-order valence-corrected chi connectivity index (χ3v) is 4.76. The Morgan fingerprint density at radius 1 is 1.33 bits per heavy atom. The maximum absolute atomic E-state index is 5.80. The largest absolute Gasteiger partial charge is 0.378 e. The molecule has 2 aromatic rings. The fraction of sp³-hybridized carbons (Fsp3) is 0.500. The molecule has 1 heterocycles. The van der Waals surface area contributed by atoms with Gasteiger partial charge in [0.15, 0.2) is 0 Å². The number of aromatic nitrogens is 1. The Bertz CT molecular complexity index is 601. The highest BCUT2D eigenvalue weighted by atomic mass is 16.5. The highest BCUT2D eigenvalue weighted by Gasteiger charge is 2.39. The average Bonchev–Trinajstić information content (AvgIpc) is 2.49. The second-order valence-corrected chi connectivity index (χ2v) is 6.01. The fourth-order valence-corrected chi connectivity index (χ4v) is 3.29. The van der Waals surface area contributed by atoms with Gasteiger partial charge in [-0.05, 0) is 49.9 Å². The number of benzene rings is 1. The first-order chi connectivity index (χ1) is 10.3. The minimum absolute atomic E-state index is 0.0753. The summed E-state index contributed by atoms with van der Waals surface area (Å²) in [4.78, 5) is 4.48. The average molecular weight is 284 g/mol. The molecule has 21 heavy (non-hydrogen) atoms. The number of pyridine rings is 1. The van der Waals surface area contributed by atoms with Crippen LogP contribution in [0.3, 0.4) is 0 Å². The molecule has 1 N–H and O–H groups in total. The molecule has 1 aliphatic carbocycles. The van der Waals surface area contributed by atoms with E-state index in [2.05, 4.69) is 41.5 Å². The number of nitrogens with zero attached hydrogens (tertiary/aromatic N) is 1. The molecule has 1 atom stereocenters. The lowest BCUT2D eigenvalue weighted by atomic mass is 9.74. The standard InChI is InChI=1S/C18H24N2O/c1-3-19-17(13-18(21-2)9-5-10-18)15-8-7-14-6-4-11-20-16(14)12-15/h4,6-8,11-12,17,19H,3,5,9-10,13H2,1-2H3. The van der Waals surface area contributed by atoms with Crippen LogP contribution >= 0.6 is 0 Å². The Morgan fingerprint density at radius 3 is 2.86 bits per heavy atom. The van der Waals surface area contributed by atoms with E-state index in [9.17, 15) is 0 Å². The van der Waals surface area contributed by atoms with Gasteiger partial charge in [0.25, 0.3) is 0 Å². The normalized spacial score (nSPS) is 18.4. The van der Waals surface area contributed by atoms with Gasteiger partial charge in [-0.2, -0.15) is 0 Å². The number of methoxy groups -OCH3 is 1. The van der Waals surface area contributed by atoms with Crippen LogP contribution < -0.4 is 5.32 Å². The molecule has 1 saturated carbocycles. The first kappa shape index (κ1) is 14.5. The molecule has 0 bridgehead atoms. The lowest BCUT2D eigenvalue weighted by Crippen LogP contribution is -2.42. The van der Waals surface area contributed by atoms with Crippen molar-refractivity contribution in [3.8, 4) is 0 Å². The zero-order valence-corrected chi connectivity index (χ0v) is 12.9. The highest BCUT2D eigenvalue weighted by molar-refractivity contribution is 5.79. The molecule has 0 saturated heterocycles. The molecule has 3 nitrogen and oxygen atoms in total. The van der Waals surface area contributed by atoms with Crippen LogP contribution in [-0.2, 0) is 4.74 Å². The predicted molar refractivity (Wildman–Crippen MR) is 86.4 cm³/mol. The molecule has 1 aromatic carbocycles. The van der Waals surface area contributed by atoms with E-state index < -0.39 is 0 Å². The van der Waals surface area contributed by atoms with Gasteiger partial charge < -0.3 is 10.1 Å². The van der Waals surface area contributed by atoms with Crippen molar-refractivity contribution in [2.75, 3.05) is 13.7 Å². The van der Waals surface area contributed by atoms with E-state index in [1.54, 1.807) is 0 Å². The molecule has 112 valence electrons. The van der Waals surface area contributed by atoms with Gasteiger partial charge in [-0.15, -0.1) is 0 Å². The van der Waals surface area contributed by atoms with Gasteiger partial charge in [0.05, 0.1) is 11.1 Å². The second kappa shape index (κ2) is 6.12. The van der Waals surface area contributed by atoms with Crippen LogP contribution in [0, 0.1) is 0 Å². The maximum Gasteiger partial charge on any atom is 0.0705 e. The third-order valence-electron chi connectivity index (χ3n) is 4.76. The van der Waals surface area contributed by atoms with Crippen LogP contribution in [0.15, 0.2) is 36.5 Å². The lowest BCUT2D eigenvalue weighted by molar-refractivity contribution is -0.0837. The third kappa shape index (κ3) is 2.94. The van der Waals surface area contributed by atoms with Crippen molar-refractivity contribution in [1.29, 1.82) is 0 Å². The topological polar surface area (TPSA) is 34.1 Å². The molecule has 1 aliphatic rings. The molecule has 0 radical (unpaired) electrons. The predicted octanol–water partition coefficient (Wildman–Crippen LogP) is 3.84. The van der Waals surface area contributed by atoms with Crippen molar-refractivity contribution in [3.63, 3.8) is 0 Å². The number of ether oxygens (including phenoxy) is 1. The van der Waals surface area contributed by atoms with Crippen LogP contribution in [0.25, 0.3) is 10.9 Å². The Labute approximate surface area is 126 Å². The van der Waals surface area contributed by atoms with E-state index in [0.29, 0.717) is 6.04 Å². The van der Waals surface area contributed by atoms with E-state index >= 15 is 0 Å². The van der Waals surface area contributed by atoms with E-state index in [-0.39, 0.29) is 5.60 Å². The van der Waals surface area contributed by atoms with Crippen molar-refractivity contribution in [2.45, 2.75) is 44.2 Å². The summed E-state index contributed by atoms with van der Waals surface area (Å²) in [7, 11) is 1.85. The maximum atomic E-state index is 5.80. The van der Waals surface area contributed by atoms with Crippen LogP contribution in [0.5, 0.6) is 0 Å². The van der Waals surface area contributed by atoms with E-state index in [0.717, 1.165) is 18.5 Å². The summed E-state index contributed by atoms with van der Waals surface area (Å²) in [6.07, 6.45) is 6.53. The van der Waals surface area contributed by atoms with Crippen molar-refractivity contribution in [1.82, 2.24) is 10.3 Å². The van der Waals surface area contributed by atoms with Gasteiger partial charge in [-0.3, -0.25) is 4.98 Å². The van der Waals surface area contributed by atoms with Gasteiger partial charge in [0, 0.05) is 24.7 Å². The quantitative estimate of drug-likeness (QED) is 0.875. The smallest absolute Gasteiger partial charge is 0.0705 e. The molecule has 1 aromatic heterocycles. The minimum Gasteiger partial charge on any atom is -0.378 e. The summed E-state index contributed by atoms with van der Waals surface area (Å²) < 4.78 is 5.80. The molecule has 0 amide bonds. The summed E-state index contributed by atoms with van der Waals surface area (Å²) >= 11 is 0. The SMILES string of the molecule is CCNC(CC1(OC)CCC1)c1ccc2cccnc2c1. The first-order valence-electron chi connectivity index (χ1n) is 7.89. The van der Waals surface area contributed by atoms with Crippen molar-refractivity contribution in [2.24, 2.45) is 0 Å². The van der Waals surface area contributed by atoms with Crippen molar-refractivity contribution >= 4 is 10.9 Å². The van der Waals surface area contributed by atoms with E-state index in [4.69, 9.17) is 4.74 Å². The highest BCUT2D eigenvalue weighted by Crippen LogP contribution is 2.42. The molecule has 1 fully saturated rings. The molecular formula is C18H24N2O. The van der Waals surface area contributed by atoms with E-state index in [1.165, 1.54) is 30.2 Å². The number of nitrogens with one attached hydrogen (secondary N) is 1. The Morgan fingerprint density at radius 2 is 2.19 bits per heavy atom. The minimum atomic E-state index is 0.0753. The van der Waals surface area contributed by atoms with Crippen LogP contribution in [-0.4, -0.2) is 24.2 Å². The zero-order valence-electron chi connectivity index (χ0n) is 12.9.